The van der Waals surface area contributed by atoms with Crippen LogP contribution in [0.5, 0.6) is 0 Å². The monoisotopic (exact) mass is 410 g/mol. The van der Waals surface area contributed by atoms with Crippen molar-refractivity contribution in [2.24, 2.45) is 0 Å². The first-order valence-corrected chi connectivity index (χ1v) is 10.7. The number of hydrogen-bond acceptors (Lipinski definition) is 2. The summed E-state index contributed by atoms with van der Waals surface area (Å²) < 4.78 is 4.40. The number of nitrogens with zero attached hydrogens (tertiary/aromatic N) is 4. The lowest BCUT2D eigenvalue weighted by molar-refractivity contribution is 1.00. The summed E-state index contributed by atoms with van der Waals surface area (Å²) in [5.41, 5.74) is 4.33. The van der Waals surface area contributed by atoms with Gasteiger partial charge >= 0.3 is 0 Å². The van der Waals surface area contributed by atoms with E-state index in [1.807, 2.05) is 12.3 Å². The highest BCUT2D eigenvalue weighted by atomic mass is 15.2. The molecule has 3 aromatic carbocycles. The van der Waals surface area contributed by atoms with Crippen LogP contribution in [0.4, 0.5) is 0 Å². The summed E-state index contributed by atoms with van der Waals surface area (Å²) in [6.07, 6.45) is 1.84. The van der Waals surface area contributed by atoms with Crippen LogP contribution in [0.15, 0.2) is 109 Å². The molecular formula is C28H18N4. The fraction of sp³-hybridized carbons (Fsp3) is 0. The van der Waals surface area contributed by atoms with Crippen LogP contribution in [0.3, 0.4) is 0 Å². The minimum Gasteiger partial charge on any atom is -0.294 e. The largest absolute Gasteiger partial charge is 0.294 e. The molecule has 7 aromatic rings. The van der Waals surface area contributed by atoms with E-state index >= 15 is 0 Å². The Morgan fingerprint density at radius 1 is 0.438 bits per heavy atom. The third-order valence-electron chi connectivity index (χ3n) is 6.19. The Labute approximate surface area is 184 Å². The van der Waals surface area contributed by atoms with Crippen molar-refractivity contribution in [2.45, 2.75) is 0 Å². The molecule has 4 heterocycles. The van der Waals surface area contributed by atoms with Gasteiger partial charge in [0.2, 0.25) is 0 Å². The lowest BCUT2D eigenvalue weighted by atomic mass is 10.2. The van der Waals surface area contributed by atoms with Gasteiger partial charge in [-0.2, -0.15) is 0 Å². The third kappa shape index (κ3) is 2.32. The van der Waals surface area contributed by atoms with E-state index < -0.39 is 0 Å². The Bertz CT molecular complexity index is 1550. The second kappa shape index (κ2) is 6.53. The van der Waals surface area contributed by atoms with Crippen molar-refractivity contribution >= 4 is 43.7 Å². The summed E-state index contributed by atoms with van der Waals surface area (Å²) in [5, 5.41) is 4.77. The van der Waals surface area contributed by atoms with Crippen molar-refractivity contribution in [1.82, 2.24) is 19.1 Å². The summed E-state index contributed by atoms with van der Waals surface area (Å²) in [5.74, 6) is 1.75. The SMILES string of the molecule is c1cc(-n2c3ccccc3c3ccccc32)nc(-n2c3ccccc3c3cccnc32)c1. The van der Waals surface area contributed by atoms with Gasteiger partial charge in [-0.25, -0.2) is 9.97 Å². The maximum atomic E-state index is 5.14. The minimum atomic E-state index is 0.856. The van der Waals surface area contributed by atoms with Gasteiger partial charge in [0.15, 0.2) is 0 Å². The zero-order chi connectivity index (χ0) is 21.1. The highest BCUT2D eigenvalue weighted by Crippen LogP contribution is 2.33. The smallest absolute Gasteiger partial charge is 0.146 e. The molecule has 0 aliphatic carbocycles. The van der Waals surface area contributed by atoms with E-state index in [9.17, 15) is 0 Å². The van der Waals surface area contributed by atoms with E-state index in [1.54, 1.807) is 0 Å². The highest BCUT2D eigenvalue weighted by Gasteiger charge is 2.16. The second-order valence-electron chi connectivity index (χ2n) is 7.95. The van der Waals surface area contributed by atoms with Crippen LogP contribution in [-0.4, -0.2) is 19.1 Å². The number of hydrogen-bond donors (Lipinski definition) is 0. The molecule has 7 rings (SSSR count). The molecule has 0 saturated heterocycles. The van der Waals surface area contributed by atoms with Crippen LogP contribution in [0.25, 0.3) is 55.4 Å². The van der Waals surface area contributed by atoms with E-state index in [0.717, 1.165) is 39.2 Å². The normalized spacial score (nSPS) is 11.8. The number of pyridine rings is 2. The maximum absolute atomic E-state index is 5.14. The Hall–Kier alpha value is -4.44. The summed E-state index contributed by atoms with van der Waals surface area (Å²) in [4.78, 5) is 9.85. The average Bonchev–Trinajstić information content (AvgIpc) is 3.37. The fourth-order valence-corrected chi connectivity index (χ4v) is 4.86. The second-order valence-corrected chi connectivity index (χ2v) is 7.95. The van der Waals surface area contributed by atoms with Crippen LogP contribution in [0.2, 0.25) is 0 Å². The predicted octanol–water partition coefficient (Wildman–Crippen LogP) is 6.67. The molecule has 32 heavy (non-hydrogen) atoms. The lowest BCUT2D eigenvalue weighted by Gasteiger charge is -2.11. The summed E-state index contributed by atoms with van der Waals surface area (Å²) >= 11 is 0. The van der Waals surface area contributed by atoms with Gasteiger partial charge in [0, 0.05) is 27.7 Å². The zero-order valence-corrected chi connectivity index (χ0v) is 17.2. The molecule has 4 aromatic heterocycles. The first-order valence-electron chi connectivity index (χ1n) is 10.7. The van der Waals surface area contributed by atoms with Gasteiger partial charge in [0.25, 0.3) is 0 Å². The fourth-order valence-electron chi connectivity index (χ4n) is 4.86. The minimum absolute atomic E-state index is 0.856. The van der Waals surface area contributed by atoms with E-state index in [4.69, 9.17) is 9.97 Å². The molecule has 0 N–H and O–H groups in total. The zero-order valence-electron chi connectivity index (χ0n) is 17.2. The lowest BCUT2D eigenvalue weighted by Crippen LogP contribution is -2.03. The van der Waals surface area contributed by atoms with Gasteiger partial charge < -0.3 is 0 Å². The molecule has 0 amide bonds. The molecule has 0 fully saturated rings. The Morgan fingerprint density at radius 2 is 0.938 bits per heavy atom. The average molecular weight is 410 g/mol. The molecular weight excluding hydrogens is 392 g/mol. The molecule has 0 saturated carbocycles. The van der Waals surface area contributed by atoms with Gasteiger partial charge in [-0.1, -0.05) is 60.7 Å². The number of aromatic nitrogens is 4. The molecule has 150 valence electrons. The summed E-state index contributed by atoms with van der Waals surface area (Å²) in [6.45, 7) is 0. The standard InChI is InChI=1S/C28H18N4/c1-4-13-23-19(9-1)20-10-2-5-14-24(20)31(23)26-16-7-17-27(30-26)32-25-15-6-3-11-21(25)22-12-8-18-29-28(22)32/h1-18H. The van der Waals surface area contributed by atoms with Gasteiger partial charge in [0.05, 0.1) is 16.6 Å². The molecule has 0 bridgehead atoms. The molecule has 4 heteroatoms. The van der Waals surface area contributed by atoms with Crippen molar-refractivity contribution in [3.05, 3.63) is 109 Å². The quantitative estimate of drug-likeness (QED) is 0.319. The molecule has 0 aliphatic rings. The van der Waals surface area contributed by atoms with Gasteiger partial charge in [-0.15, -0.1) is 0 Å². The van der Waals surface area contributed by atoms with Gasteiger partial charge in [-0.3, -0.25) is 9.13 Å². The van der Waals surface area contributed by atoms with Crippen molar-refractivity contribution < 1.29 is 0 Å². The van der Waals surface area contributed by atoms with Gasteiger partial charge in [-0.05, 0) is 42.5 Å². The topological polar surface area (TPSA) is 35.6 Å². The Kier molecular flexibility index (Phi) is 3.52. The van der Waals surface area contributed by atoms with Crippen LogP contribution >= 0.6 is 0 Å². The Morgan fingerprint density at radius 3 is 1.59 bits per heavy atom. The van der Waals surface area contributed by atoms with E-state index in [-0.39, 0.29) is 0 Å². The van der Waals surface area contributed by atoms with Crippen molar-refractivity contribution in [3.63, 3.8) is 0 Å². The summed E-state index contributed by atoms with van der Waals surface area (Å²) in [7, 11) is 0. The van der Waals surface area contributed by atoms with Crippen molar-refractivity contribution in [2.75, 3.05) is 0 Å². The third-order valence-corrected chi connectivity index (χ3v) is 6.19. The molecule has 4 nitrogen and oxygen atoms in total. The first kappa shape index (κ1) is 17.3. The number of para-hydroxylation sites is 3. The van der Waals surface area contributed by atoms with Crippen LogP contribution in [0, 0.1) is 0 Å². The molecule has 0 unspecified atom stereocenters. The van der Waals surface area contributed by atoms with Crippen LogP contribution in [0.1, 0.15) is 0 Å². The number of fused-ring (bicyclic) bond motifs is 6. The first-order chi connectivity index (χ1) is 15.9. The maximum Gasteiger partial charge on any atom is 0.146 e. The van der Waals surface area contributed by atoms with E-state index in [2.05, 4.69) is 106 Å². The van der Waals surface area contributed by atoms with E-state index in [0.29, 0.717) is 0 Å². The van der Waals surface area contributed by atoms with Crippen molar-refractivity contribution in [1.29, 1.82) is 0 Å². The van der Waals surface area contributed by atoms with Crippen LogP contribution < -0.4 is 0 Å². The predicted molar refractivity (Wildman–Crippen MR) is 131 cm³/mol. The summed E-state index contributed by atoms with van der Waals surface area (Å²) in [6, 6.07) is 35.7. The van der Waals surface area contributed by atoms with E-state index in [1.165, 1.54) is 16.2 Å². The molecule has 0 radical (unpaired) electrons. The molecule has 0 atom stereocenters. The van der Waals surface area contributed by atoms with Gasteiger partial charge in [0.1, 0.15) is 17.3 Å². The number of rotatable bonds is 2. The Balaban J connectivity index is 1.55. The molecule has 0 spiro atoms. The van der Waals surface area contributed by atoms with Crippen molar-refractivity contribution in [3.8, 4) is 11.6 Å². The van der Waals surface area contributed by atoms with Crippen LogP contribution in [-0.2, 0) is 0 Å². The molecule has 0 aliphatic heterocycles. The highest BCUT2D eigenvalue weighted by molar-refractivity contribution is 6.09. The number of benzene rings is 3.